The highest BCUT2D eigenvalue weighted by atomic mass is 35.5. The molecule has 0 atom stereocenters. The lowest BCUT2D eigenvalue weighted by atomic mass is 10.1. The lowest BCUT2D eigenvalue weighted by Gasteiger charge is -2.18. The van der Waals surface area contributed by atoms with Gasteiger partial charge in [-0.25, -0.2) is 0 Å². The van der Waals surface area contributed by atoms with Gasteiger partial charge in [-0.3, -0.25) is 9.59 Å². The Morgan fingerprint density at radius 3 is 2.50 bits per heavy atom. The molecule has 0 bridgehead atoms. The van der Waals surface area contributed by atoms with Crippen LogP contribution in [0.15, 0.2) is 53.4 Å². The molecule has 0 aliphatic heterocycles. The summed E-state index contributed by atoms with van der Waals surface area (Å²) in [4.78, 5) is 26.8. The van der Waals surface area contributed by atoms with Gasteiger partial charge in [-0.05, 0) is 30.0 Å². The van der Waals surface area contributed by atoms with Crippen molar-refractivity contribution >= 4 is 40.9 Å². The maximum atomic E-state index is 12.3. The molecular weight excluding hydrogens is 344 g/mol. The van der Waals surface area contributed by atoms with E-state index in [1.54, 1.807) is 24.9 Å². The Kier molecular flexibility index (Phi) is 6.70. The summed E-state index contributed by atoms with van der Waals surface area (Å²) in [5.41, 5.74) is 1.51. The Labute approximate surface area is 151 Å². The van der Waals surface area contributed by atoms with E-state index in [9.17, 15) is 9.59 Å². The standard InChI is InChI=1S/C18H19ClN2O2S/c1-21(18(23)11-13-7-3-4-8-14(13)19)12-17(22)20-15-9-5-6-10-16(15)24-2/h3-10H,11-12H2,1-2H3,(H,20,22). The highest BCUT2D eigenvalue weighted by Gasteiger charge is 2.15. The summed E-state index contributed by atoms with van der Waals surface area (Å²) < 4.78 is 0. The van der Waals surface area contributed by atoms with E-state index in [2.05, 4.69) is 5.32 Å². The average molecular weight is 363 g/mol. The number of thioether (sulfide) groups is 1. The van der Waals surface area contributed by atoms with Crippen LogP contribution in [0.25, 0.3) is 0 Å². The zero-order chi connectivity index (χ0) is 17.5. The molecule has 4 nitrogen and oxygen atoms in total. The molecule has 0 radical (unpaired) electrons. The number of para-hydroxylation sites is 1. The maximum absolute atomic E-state index is 12.3. The van der Waals surface area contributed by atoms with Crippen LogP contribution in [0.3, 0.4) is 0 Å². The molecule has 6 heteroatoms. The molecule has 0 fully saturated rings. The van der Waals surface area contributed by atoms with Crippen LogP contribution in [-0.2, 0) is 16.0 Å². The van der Waals surface area contributed by atoms with Gasteiger partial charge in [-0.2, -0.15) is 0 Å². The summed E-state index contributed by atoms with van der Waals surface area (Å²) in [7, 11) is 1.61. The summed E-state index contributed by atoms with van der Waals surface area (Å²) in [5, 5.41) is 3.40. The highest BCUT2D eigenvalue weighted by Crippen LogP contribution is 2.24. The SMILES string of the molecule is CSc1ccccc1NC(=O)CN(C)C(=O)Cc1ccccc1Cl. The first-order valence-electron chi connectivity index (χ1n) is 7.41. The summed E-state index contributed by atoms with van der Waals surface area (Å²) in [6.45, 7) is -0.00794. The van der Waals surface area contributed by atoms with Gasteiger partial charge < -0.3 is 10.2 Å². The molecule has 0 aromatic heterocycles. The first-order chi connectivity index (χ1) is 11.5. The van der Waals surface area contributed by atoms with Gasteiger partial charge in [-0.15, -0.1) is 11.8 Å². The number of carbonyl (C=O) groups is 2. The molecule has 126 valence electrons. The largest absolute Gasteiger partial charge is 0.336 e. The van der Waals surface area contributed by atoms with Crippen molar-refractivity contribution in [3.63, 3.8) is 0 Å². The van der Waals surface area contributed by atoms with Crippen molar-refractivity contribution in [3.8, 4) is 0 Å². The number of amides is 2. The van der Waals surface area contributed by atoms with Crippen LogP contribution >= 0.6 is 23.4 Å². The first kappa shape index (κ1) is 18.4. The minimum atomic E-state index is -0.230. The normalized spacial score (nSPS) is 10.3. The fourth-order valence-corrected chi connectivity index (χ4v) is 2.94. The van der Waals surface area contributed by atoms with Crippen LogP contribution in [-0.4, -0.2) is 36.6 Å². The molecule has 0 heterocycles. The van der Waals surface area contributed by atoms with E-state index in [0.29, 0.717) is 5.02 Å². The smallest absolute Gasteiger partial charge is 0.244 e. The second-order valence-corrected chi connectivity index (χ2v) is 6.52. The number of hydrogen-bond donors (Lipinski definition) is 1. The molecule has 2 amide bonds. The van der Waals surface area contributed by atoms with E-state index in [-0.39, 0.29) is 24.8 Å². The number of anilines is 1. The molecule has 0 unspecified atom stereocenters. The van der Waals surface area contributed by atoms with Crippen molar-refractivity contribution in [2.75, 3.05) is 25.2 Å². The number of hydrogen-bond acceptors (Lipinski definition) is 3. The van der Waals surface area contributed by atoms with Crippen LogP contribution in [0.5, 0.6) is 0 Å². The number of likely N-dealkylation sites (N-methyl/N-ethyl adjacent to an activating group) is 1. The molecule has 0 aliphatic carbocycles. The molecular formula is C18H19ClN2O2S. The van der Waals surface area contributed by atoms with Crippen molar-refractivity contribution in [1.82, 2.24) is 4.90 Å². The molecule has 2 aromatic rings. The van der Waals surface area contributed by atoms with Gasteiger partial charge in [-0.1, -0.05) is 41.9 Å². The van der Waals surface area contributed by atoms with Crippen LogP contribution in [0.4, 0.5) is 5.69 Å². The van der Waals surface area contributed by atoms with Crippen LogP contribution in [0.1, 0.15) is 5.56 Å². The fraction of sp³-hybridized carbons (Fsp3) is 0.222. The summed E-state index contributed by atoms with van der Waals surface area (Å²) in [5.74, 6) is -0.386. The van der Waals surface area contributed by atoms with E-state index in [1.807, 2.05) is 48.7 Å². The third-order valence-corrected chi connectivity index (χ3v) is 4.65. The number of carbonyl (C=O) groups excluding carboxylic acids is 2. The summed E-state index contributed by atoms with van der Waals surface area (Å²) in [6, 6.07) is 14.8. The Balaban J connectivity index is 1.93. The lowest BCUT2D eigenvalue weighted by molar-refractivity contribution is -0.132. The minimum absolute atomic E-state index is 0.00794. The molecule has 2 aromatic carbocycles. The lowest BCUT2D eigenvalue weighted by Crippen LogP contribution is -2.35. The molecule has 0 saturated heterocycles. The zero-order valence-corrected chi connectivity index (χ0v) is 15.2. The molecule has 0 spiro atoms. The number of rotatable bonds is 6. The quantitative estimate of drug-likeness (QED) is 0.797. The third kappa shape index (κ3) is 5.01. The molecule has 0 aliphatic rings. The van der Waals surface area contributed by atoms with Crippen LogP contribution < -0.4 is 5.32 Å². The molecule has 2 rings (SSSR count). The van der Waals surface area contributed by atoms with Crippen LogP contribution in [0, 0.1) is 0 Å². The van der Waals surface area contributed by atoms with Crippen molar-refractivity contribution in [1.29, 1.82) is 0 Å². The third-order valence-electron chi connectivity index (χ3n) is 3.49. The van der Waals surface area contributed by atoms with Crippen molar-refractivity contribution in [3.05, 3.63) is 59.1 Å². The van der Waals surface area contributed by atoms with E-state index >= 15 is 0 Å². The van der Waals surface area contributed by atoms with Crippen molar-refractivity contribution in [2.45, 2.75) is 11.3 Å². The number of halogens is 1. The van der Waals surface area contributed by atoms with Gasteiger partial charge in [0.2, 0.25) is 11.8 Å². The average Bonchev–Trinajstić information content (AvgIpc) is 2.57. The van der Waals surface area contributed by atoms with E-state index < -0.39 is 0 Å². The van der Waals surface area contributed by atoms with Gasteiger partial charge in [0.15, 0.2) is 0 Å². The number of benzene rings is 2. The molecule has 1 N–H and O–H groups in total. The minimum Gasteiger partial charge on any atom is -0.336 e. The van der Waals surface area contributed by atoms with Crippen molar-refractivity contribution in [2.24, 2.45) is 0 Å². The zero-order valence-electron chi connectivity index (χ0n) is 13.6. The second kappa shape index (κ2) is 8.76. The van der Waals surface area contributed by atoms with E-state index in [1.165, 1.54) is 4.90 Å². The van der Waals surface area contributed by atoms with Gasteiger partial charge >= 0.3 is 0 Å². The summed E-state index contributed by atoms with van der Waals surface area (Å²) in [6.07, 6.45) is 2.12. The first-order valence-corrected chi connectivity index (χ1v) is 9.01. The molecule has 24 heavy (non-hydrogen) atoms. The van der Waals surface area contributed by atoms with Gasteiger partial charge in [0.05, 0.1) is 18.7 Å². The Bertz CT molecular complexity index is 736. The highest BCUT2D eigenvalue weighted by molar-refractivity contribution is 7.98. The van der Waals surface area contributed by atoms with E-state index in [4.69, 9.17) is 11.6 Å². The topological polar surface area (TPSA) is 49.4 Å². The maximum Gasteiger partial charge on any atom is 0.244 e. The number of nitrogens with one attached hydrogen (secondary N) is 1. The second-order valence-electron chi connectivity index (χ2n) is 5.27. The Hall–Kier alpha value is -1.98. The van der Waals surface area contributed by atoms with Crippen molar-refractivity contribution < 1.29 is 9.59 Å². The number of nitrogens with zero attached hydrogens (tertiary/aromatic N) is 1. The van der Waals surface area contributed by atoms with Gasteiger partial charge in [0, 0.05) is 17.0 Å². The van der Waals surface area contributed by atoms with Crippen LogP contribution in [0.2, 0.25) is 5.02 Å². The van der Waals surface area contributed by atoms with E-state index in [0.717, 1.165) is 16.1 Å². The van der Waals surface area contributed by atoms with Gasteiger partial charge in [0.25, 0.3) is 0 Å². The molecule has 0 saturated carbocycles. The fourth-order valence-electron chi connectivity index (χ4n) is 2.18. The van der Waals surface area contributed by atoms with Gasteiger partial charge in [0.1, 0.15) is 0 Å². The Morgan fingerprint density at radius 1 is 1.12 bits per heavy atom. The monoisotopic (exact) mass is 362 g/mol. The Morgan fingerprint density at radius 2 is 1.79 bits per heavy atom. The predicted molar refractivity (Wildman–Crippen MR) is 99.6 cm³/mol. The summed E-state index contributed by atoms with van der Waals surface area (Å²) >= 11 is 7.62. The predicted octanol–water partition coefficient (Wildman–Crippen LogP) is 3.70.